The number of aromatic nitrogens is 2. The van der Waals surface area contributed by atoms with Crippen molar-refractivity contribution in [2.45, 2.75) is 16.5 Å². The van der Waals surface area contributed by atoms with Gasteiger partial charge in [-0.1, -0.05) is 33.8 Å². The molecule has 3 nitrogen and oxygen atoms in total. The smallest absolute Gasteiger partial charge is 0.119 e. The molecular formula is C12H12BrN3S. The van der Waals surface area contributed by atoms with Crippen LogP contribution in [0.3, 0.4) is 0 Å². The van der Waals surface area contributed by atoms with Gasteiger partial charge in [-0.25, -0.2) is 4.98 Å². The van der Waals surface area contributed by atoms with E-state index in [-0.39, 0.29) is 0 Å². The Labute approximate surface area is 113 Å². The highest BCUT2D eigenvalue weighted by molar-refractivity contribution is 9.10. The number of halogens is 1. The Morgan fingerprint density at radius 1 is 1.35 bits per heavy atom. The molecule has 0 radical (unpaired) electrons. The number of benzene rings is 1. The van der Waals surface area contributed by atoms with Gasteiger partial charge in [0.25, 0.3) is 0 Å². The maximum Gasteiger partial charge on any atom is 0.119 e. The molecule has 0 saturated heterocycles. The van der Waals surface area contributed by atoms with Crippen LogP contribution in [0.5, 0.6) is 0 Å². The van der Waals surface area contributed by atoms with Crippen LogP contribution in [0.25, 0.3) is 0 Å². The van der Waals surface area contributed by atoms with Gasteiger partial charge in [0.15, 0.2) is 0 Å². The van der Waals surface area contributed by atoms with E-state index in [2.05, 4.69) is 49.4 Å². The normalized spacial score (nSPS) is 10.5. The Bertz CT molecular complexity index is 490. The predicted octanol–water partition coefficient (Wildman–Crippen LogP) is 3.11. The zero-order valence-electron chi connectivity index (χ0n) is 9.35. The highest BCUT2D eigenvalue weighted by Crippen LogP contribution is 2.29. The number of nitrogens with one attached hydrogen (secondary N) is 1. The summed E-state index contributed by atoms with van der Waals surface area (Å²) in [6.45, 7) is 0.858. The SMILES string of the molecule is CNCc1ccc(Sc2cnccn2)cc1Br. The fourth-order valence-corrected chi connectivity index (χ4v) is 2.84. The molecule has 0 saturated carbocycles. The van der Waals surface area contributed by atoms with Gasteiger partial charge in [0.1, 0.15) is 5.03 Å². The topological polar surface area (TPSA) is 37.8 Å². The van der Waals surface area contributed by atoms with Crippen LogP contribution < -0.4 is 5.32 Å². The molecule has 0 atom stereocenters. The zero-order valence-corrected chi connectivity index (χ0v) is 11.8. The summed E-state index contributed by atoms with van der Waals surface area (Å²) in [6, 6.07) is 6.31. The van der Waals surface area contributed by atoms with Crippen LogP contribution in [-0.4, -0.2) is 17.0 Å². The van der Waals surface area contributed by atoms with Gasteiger partial charge < -0.3 is 5.32 Å². The Morgan fingerprint density at radius 3 is 2.88 bits per heavy atom. The van der Waals surface area contributed by atoms with E-state index < -0.39 is 0 Å². The van der Waals surface area contributed by atoms with E-state index in [1.807, 2.05) is 7.05 Å². The lowest BCUT2D eigenvalue weighted by molar-refractivity contribution is 0.813. The Balaban J connectivity index is 2.15. The summed E-state index contributed by atoms with van der Waals surface area (Å²) in [4.78, 5) is 9.43. The molecule has 0 bridgehead atoms. The average molecular weight is 310 g/mol. The van der Waals surface area contributed by atoms with E-state index in [9.17, 15) is 0 Å². The Hall–Kier alpha value is -0.910. The molecule has 0 unspecified atom stereocenters. The second kappa shape index (κ2) is 6.14. The van der Waals surface area contributed by atoms with Crippen LogP contribution in [0.2, 0.25) is 0 Å². The lowest BCUT2D eigenvalue weighted by Crippen LogP contribution is -2.05. The average Bonchev–Trinajstić information content (AvgIpc) is 2.34. The number of rotatable bonds is 4. The first kappa shape index (κ1) is 12.5. The van der Waals surface area contributed by atoms with Gasteiger partial charge >= 0.3 is 0 Å². The van der Waals surface area contributed by atoms with Crippen LogP contribution in [-0.2, 0) is 6.54 Å². The molecule has 1 aromatic carbocycles. The number of hydrogen-bond acceptors (Lipinski definition) is 4. The third-order valence-electron chi connectivity index (χ3n) is 2.15. The largest absolute Gasteiger partial charge is 0.316 e. The van der Waals surface area contributed by atoms with Crippen molar-refractivity contribution >= 4 is 27.7 Å². The molecule has 17 heavy (non-hydrogen) atoms. The summed E-state index contributed by atoms with van der Waals surface area (Å²) < 4.78 is 1.11. The monoisotopic (exact) mass is 309 g/mol. The predicted molar refractivity (Wildman–Crippen MR) is 73.1 cm³/mol. The van der Waals surface area contributed by atoms with Crippen LogP contribution in [0.15, 0.2) is 51.2 Å². The summed E-state index contributed by atoms with van der Waals surface area (Å²) in [5.74, 6) is 0. The molecule has 0 fully saturated rings. The van der Waals surface area contributed by atoms with Crippen LogP contribution >= 0.6 is 27.7 Å². The van der Waals surface area contributed by atoms with Crippen molar-refractivity contribution in [3.05, 3.63) is 46.8 Å². The summed E-state index contributed by atoms with van der Waals surface area (Å²) in [5, 5.41) is 4.04. The van der Waals surface area contributed by atoms with E-state index >= 15 is 0 Å². The molecule has 0 amide bonds. The maximum absolute atomic E-state index is 4.24. The number of nitrogens with zero attached hydrogens (tertiary/aromatic N) is 2. The van der Waals surface area contributed by atoms with Crippen molar-refractivity contribution in [3.63, 3.8) is 0 Å². The minimum Gasteiger partial charge on any atom is -0.316 e. The summed E-state index contributed by atoms with van der Waals surface area (Å²) in [6.07, 6.45) is 5.14. The van der Waals surface area contributed by atoms with Crippen LogP contribution in [0.1, 0.15) is 5.56 Å². The first-order valence-corrected chi connectivity index (χ1v) is 6.77. The standard InChI is InChI=1S/C12H12BrN3S/c1-14-7-9-2-3-10(6-11(9)13)17-12-8-15-4-5-16-12/h2-6,8,14H,7H2,1H3. The fourth-order valence-electron chi connectivity index (χ4n) is 1.38. The molecule has 1 aromatic heterocycles. The lowest BCUT2D eigenvalue weighted by Gasteiger charge is -2.06. The highest BCUT2D eigenvalue weighted by Gasteiger charge is 2.03. The fraction of sp³-hybridized carbons (Fsp3) is 0.167. The molecule has 0 aliphatic rings. The second-order valence-corrected chi connectivity index (χ2v) is 5.38. The minimum atomic E-state index is 0.858. The minimum absolute atomic E-state index is 0.858. The first-order valence-electron chi connectivity index (χ1n) is 5.16. The quantitative estimate of drug-likeness (QED) is 0.941. The Kier molecular flexibility index (Phi) is 4.53. The van der Waals surface area contributed by atoms with E-state index in [0.29, 0.717) is 0 Å². The molecule has 0 aliphatic carbocycles. The van der Waals surface area contributed by atoms with E-state index in [1.165, 1.54) is 5.56 Å². The molecule has 0 spiro atoms. The van der Waals surface area contributed by atoms with Crippen molar-refractivity contribution in [3.8, 4) is 0 Å². The number of hydrogen-bond donors (Lipinski definition) is 1. The Morgan fingerprint density at radius 2 is 2.24 bits per heavy atom. The molecule has 88 valence electrons. The van der Waals surface area contributed by atoms with Crippen molar-refractivity contribution in [2.24, 2.45) is 0 Å². The third kappa shape index (κ3) is 3.52. The van der Waals surface area contributed by atoms with Gasteiger partial charge in [-0.05, 0) is 24.7 Å². The molecule has 2 aromatic rings. The molecule has 0 aliphatic heterocycles. The van der Waals surface area contributed by atoms with Crippen molar-refractivity contribution in [1.29, 1.82) is 0 Å². The van der Waals surface area contributed by atoms with E-state index in [0.717, 1.165) is 20.9 Å². The molecule has 5 heteroatoms. The van der Waals surface area contributed by atoms with Gasteiger partial charge in [-0.3, -0.25) is 4.98 Å². The lowest BCUT2D eigenvalue weighted by atomic mass is 10.2. The summed E-state index contributed by atoms with van der Waals surface area (Å²) in [7, 11) is 1.94. The van der Waals surface area contributed by atoms with E-state index in [1.54, 1.807) is 30.4 Å². The maximum atomic E-state index is 4.24. The second-order valence-electron chi connectivity index (χ2n) is 3.43. The molecule has 1 heterocycles. The molecule has 2 rings (SSSR count). The van der Waals surface area contributed by atoms with Crippen molar-refractivity contribution in [2.75, 3.05) is 7.05 Å². The van der Waals surface area contributed by atoms with Gasteiger partial charge in [-0.15, -0.1) is 0 Å². The third-order valence-corrected chi connectivity index (χ3v) is 3.80. The van der Waals surface area contributed by atoms with E-state index in [4.69, 9.17) is 0 Å². The van der Waals surface area contributed by atoms with Crippen LogP contribution in [0, 0.1) is 0 Å². The van der Waals surface area contributed by atoms with Gasteiger partial charge in [0.05, 0.1) is 6.20 Å². The first-order chi connectivity index (χ1) is 8.29. The van der Waals surface area contributed by atoms with Gasteiger partial charge in [-0.2, -0.15) is 0 Å². The summed E-state index contributed by atoms with van der Waals surface area (Å²) >= 11 is 5.18. The van der Waals surface area contributed by atoms with Crippen LogP contribution in [0.4, 0.5) is 0 Å². The zero-order chi connectivity index (χ0) is 12.1. The molecule has 1 N–H and O–H groups in total. The summed E-state index contributed by atoms with van der Waals surface area (Å²) in [5.41, 5.74) is 1.25. The van der Waals surface area contributed by atoms with Gasteiger partial charge in [0, 0.05) is 28.3 Å². The highest BCUT2D eigenvalue weighted by atomic mass is 79.9. The molecular weight excluding hydrogens is 298 g/mol. The van der Waals surface area contributed by atoms with Crippen molar-refractivity contribution in [1.82, 2.24) is 15.3 Å². The van der Waals surface area contributed by atoms with Gasteiger partial charge in [0.2, 0.25) is 0 Å². The van der Waals surface area contributed by atoms with Crippen molar-refractivity contribution < 1.29 is 0 Å².